The standard InChI is InChI=1S/C13H14N2O/c1-14-10-9-16-13-7-3-2-5-12(13)15-8-4-6-11(10)15/h2-8,10,14H,9H2,1H3. The van der Waals surface area contributed by atoms with Gasteiger partial charge in [-0.2, -0.15) is 0 Å². The molecule has 3 heteroatoms. The molecule has 82 valence electrons. The zero-order chi connectivity index (χ0) is 11.0. The lowest BCUT2D eigenvalue weighted by molar-refractivity contribution is 0.277. The number of hydrogen-bond acceptors (Lipinski definition) is 2. The molecular formula is C13H14N2O. The van der Waals surface area contributed by atoms with Crippen LogP contribution in [0.25, 0.3) is 5.69 Å². The second kappa shape index (κ2) is 3.68. The highest BCUT2D eigenvalue weighted by Crippen LogP contribution is 2.30. The normalized spacial score (nSPS) is 18.2. The summed E-state index contributed by atoms with van der Waals surface area (Å²) in [4.78, 5) is 0. The Morgan fingerprint density at radius 1 is 1.25 bits per heavy atom. The molecule has 1 N–H and O–H groups in total. The molecule has 16 heavy (non-hydrogen) atoms. The van der Waals surface area contributed by atoms with E-state index in [1.807, 2.05) is 25.2 Å². The molecule has 3 rings (SSSR count). The van der Waals surface area contributed by atoms with Crippen molar-refractivity contribution in [3.8, 4) is 11.4 Å². The van der Waals surface area contributed by atoms with Crippen molar-refractivity contribution in [2.75, 3.05) is 13.7 Å². The Labute approximate surface area is 94.7 Å². The molecule has 0 radical (unpaired) electrons. The maximum absolute atomic E-state index is 5.81. The molecule has 2 heterocycles. The summed E-state index contributed by atoms with van der Waals surface area (Å²) in [6.45, 7) is 0.664. The molecule has 0 amide bonds. The van der Waals surface area contributed by atoms with E-state index in [1.165, 1.54) is 5.69 Å². The topological polar surface area (TPSA) is 26.2 Å². The molecule has 3 nitrogen and oxygen atoms in total. The number of para-hydroxylation sites is 2. The van der Waals surface area contributed by atoms with E-state index in [2.05, 4.69) is 34.3 Å². The molecule has 1 atom stereocenters. The molecule has 1 unspecified atom stereocenters. The lowest BCUT2D eigenvalue weighted by Gasteiger charge is -2.13. The molecular weight excluding hydrogens is 200 g/mol. The number of nitrogens with one attached hydrogen (secondary N) is 1. The number of likely N-dealkylation sites (N-methyl/N-ethyl adjacent to an activating group) is 1. The maximum atomic E-state index is 5.81. The van der Waals surface area contributed by atoms with Gasteiger partial charge >= 0.3 is 0 Å². The monoisotopic (exact) mass is 214 g/mol. The molecule has 1 aromatic carbocycles. The first-order valence-electron chi connectivity index (χ1n) is 5.47. The van der Waals surface area contributed by atoms with E-state index in [1.54, 1.807) is 0 Å². The third kappa shape index (κ3) is 1.32. The number of nitrogens with zero attached hydrogens (tertiary/aromatic N) is 1. The fourth-order valence-corrected chi connectivity index (χ4v) is 2.17. The largest absolute Gasteiger partial charge is 0.489 e. The number of ether oxygens (including phenoxy) is 1. The number of benzene rings is 1. The molecule has 2 aromatic rings. The van der Waals surface area contributed by atoms with Crippen molar-refractivity contribution in [1.29, 1.82) is 0 Å². The fourth-order valence-electron chi connectivity index (χ4n) is 2.17. The molecule has 1 aromatic heterocycles. The highest BCUT2D eigenvalue weighted by atomic mass is 16.5. The summed E-state index contributed by atoms with van der Waals surface area (Å²) in [5.74, 6) is 0.942. The van der Waals surface area contributed by atoms with Crippen LogP contribution in [0.5, 0.6) is 5.75 Å². The van der Waals surface area contributed by atoms with Gasteiger partial charge in [-0.25, -0.2) is 0 Å². The Morgan fingerprint density at radius 2 is 2.12 bits per heavy atom. The molecule has 1 aliphatic heterocycles. The molecule has 0 spiro atoms. The smallest absolute Gasteiger partial charge is 0.143 e. The zero-order valence-corrected chi connectivity index (χ0v) is 9.18. The number of rotatable bonds is 1. The molecule has 0 bridgehead atoms. The van der Waals surface area contributed by atoms with Crippen molar-refractivity contribution in [3.05, 3.63) is 48.3 Å². The predicted molar refractivity (Wildman–Crippen MR) is 63.1 cm³/mol. The zero-order valence-electron chi connectivity index (χ0n) is 9.18. The van der Waals surface area contributed by atoms with Crippen LogP contribution in [0.4, 0.5) is 0 Å². The summed E-state index contributed by atoms with van der Waals surface area (Å²) in [6.07, 6.45) is 2.08. The summed E-state index contributed by atoms with van der Waals surface area (Å²) in [7, 11) is 1.96. The average molecular weight is 214 g/mol. The Bertz CT molecular complexity index is 504. The van der Waals surface area contributed by atoms with Crippen molar-refractivity contribution >= 4 is 0 Å². The van der Waals surface area contributed by atoms with Gasteiger partial charge in [0.2, 0.25) is 0 Å². The van der Waals surface area contributed by atoms with Gasteiger partial charge in [-0.1, -0.05) is 12.1 Å². The molecule has 0 aliphatic carbocycles. The van der Waals surface area contributed by atoms with Crippen molar-refractivity contribution in [2.24, 2.45) is 0 Å². The Morgan fingerprint density at radius 3 is 3.00 bits per heavy atom. The van der Waals surface area contributed by atoms with Crippen molar-refractivity contribution in [3.63, 3.8) is 0 Å². The number of hydrogen-bond donors (Lipinski definition) is 1. The average Bonchev–Trinajstić information content (AvgIpc) is 2.74. The van der Waals surface area contributed by atoms with E-state index >= 15 is 0 Å². The Kier molecular flexibility index (Phi) is 2.18. The first kappa shape index (κ1) is 9.48. The minimum absolute atomic E-state index is 0.238. The summed E-state index contributed by atoms with van der Waals surface area (Å²) >= 11 is 0. The van der Waals surface area contributed by atoms with Gasteiger partial charge in [0, 0.05) is 11.9 Å². The highest BCUT2D eigenvalue weighted by molar-refractivity contribution is 5.49. The van der Waals surface area contributed by atoms with Crippen LogP contribution in [-0.2, 0) is 0 Å². The number of aromatic nitrogens is 1. The van der Waals surface area contributed by atoms with Crippen LogP contribution in [0.15, 0.2) is 42.6 Å². The van der Waals surface area contributed by atoms with E-state index in [4.69, 9.17) is 4.74 Å². The van der Waals surface area contributed by atoms with Crippen molar-refractivity contribution in [1.82, 2.24) is 9.88 Å². The van der Waals surface area contributed by atoms with Gasteiger partial charge in [0.25, 0.3) is 0 Å². The molecule has 0 saturated carbocycles. The van der Waals surface area contributed by atoms with Crippen LogP contribution in [0.1, 0.15) is 11.7 Å². The van der Waals surface area contributed by atoms with Gasteiger partial charge in [-0.15, -0.1) is 0 Å². The summed E-state index contributed by atoms with van der Waals surface area (Å²) < 4.78 is 7.99. The lowest BCUT2D eigenvalue weighted by atomic mass is 10.2. The minimum atomic E-state index is 0.238. The van der Waals surface area contributed by atoms with Crippen molar-refractivity contribution in [2.45, 2.75) is 6.04 Å². The number of fused-ring (bicyclic) bond motifs is 3. The molecule has 0 fully saturated rings. The van der Waals surface area contributed by atoms with Gasteiger partial charge in [-0.05, 0) is 31.3 Å². The Balaban J connectivity index is 2.20. The van der Waals surface area contributed by atoms with E-state index in [0.29, 0.717) is 6.61 Å². The van der Waals surface area contributed by atoms with E-state index < -0.39 is 0 Å². The quantitative estimate of drug-likeness (QED) is 0.787. The summed E-state index contributed by atoms with van der Waals surface area (Å²) in [6, 6.07) is 12.6. The first-order valence-corrected chi connectivity index (χ1v) is 5.47. The predicted octanol–water partition coefficient (Wildman–Crippen LogP) is 2.13. The third-order valence-electron chi connectivity index (χ3n) is 3.02. The first-order chi connectivity index (χ1) is 7.90. The SMILES string of the molecule is CNC1COc2ccccc2-n2cccc21. The highest BCUT2D eigenvalue weighted by Gasteiger charge is 2.20. The van der Waals surface area contributed by atoms with Crippen molar-refractivity contribution < 1.29 is 4.74 Å². The lowest BCUT2D eigenvalue weighted by Crippen LogP contribution is -2.23. The minimum Gasteiger partial charge on any atom is -0.489 e. The maximum Gasteiger partial charge on any atom is 0.143 e. The van der Waals surface area contributed by atoms with E-state index in [0.717, 1.165) is 11.4 Å². The van der Waals surface area contributed by atoms with E-state index in [9.17, 15) is 0 Å². The second-order valence-corrected chi connectivity index (χ2v) is 3.92. The van der Waals surface area contributed by atoms with Gasteiger partial charge in [0.1, 0.15) is 12.4 Å². The van der Waals surface area contributed by atoms with Gasteiger partial charge < -0.3 is 14.6 Å². The third-order valence-corrected chi connectivity index (χ3v) is 3.02. The van der Waals surface area contributed by atoms with Crippen LogP contribution in [0, 0.1) is 0 Å². The second-order valence-electron chi connectivity index (χ2n) is 3.92. The van der Waals surface area contributed by atoms with Crippen LogP contribution < -0.4 is 10.1 Å². The van der Waals surface area contributed by atoms with Gasteiger partial charge in [0.05, 0.1) is 11.7 Å². The van der Waals surface area contributed by atoms with Gasteiger partial charge in [0.15, 0.2) is 0 Å². The van der Waals surface area contributed by atoms with E-state index in [-0.39, 0.29) is 6.04 Å². The van der Waals surface area contributed by atoms with Crippen LogP contribution in [0.2, 0.25) is 0 Å². The Hall–Kier alpha value is -1.74. The summed E-state index contributed by atoms with van der Waals surface area (Å²) in [5.41, 5.74) is 2.35. The molecule has 1 aliphatic rings. The van der Waals surface area contributed by atoms with Crippen LogP contribution in [-0.4, -0.2) is 18.2 Å². The van der Waals surface area contributed by atoms with Crippen LogP contribution in [0.3, 0.4) is 0 Å². The summed E-state index contributed by atoms with van der Waals surface area (Å²) in [5, 5.41) is 3.28. The fraction of sp³-hybridized carbons (Fsp3) is 0.231. The van der Waals surface area contributed by atoms with Gasteiger partial charge in [-0.3, -0.25) is 0 Å². The molecule has 0 saturated heterocycles. The van der Waals surface area contributed by atoms with Crippen LogP contribution >= 0.6 is 0 Å².